The first-order valence-electron chi connectivity index (χ1n) is 7.82. The van der Waals surface area contributed by atoms with Crippen molar-refractivity contribution in [3.05, 3.63) is 12.7 Å². The standard InChI is InChI=1S/C14H20N6O3/c15-12-9-13(17-6-16-12)20(7-18-9)14-11(22)10(21)8(23-14)5-19-3-1-2-4-19/h6-8,10-11,14,21-22H,1-5H2,(H2,15,16,17). The van der Waals surface area contributed by atoms with Crippen LogP contribution in [0.5, 0.6) is 0 Å². The number of hydrogen-bond donors (Lipinski definition) is 3. The molecule has 23 heavy (non-hydrogen) atoms. The number of imidazole rings is 1. The first-order valence-corrected chi connectivity index (χ1v) is 7.82. The lowest BCUT2D eigenvalue weighted by Crippen LogP contribution is -2.38. The molecule has 2 aromatic rings. The quantitative estimate of drug-likeness (QED) is 0.666. The molecule has 0 aliphatic carbocycles. The lowest BCUT2D eigenvalue weighted by molar-refractivity contribution is -0.0423. The van der Waals surface area contributed by atoms with Gasteiger partial charge in [-0.1, -0.05) is 0 Å². The Kier molecular flexibility index (Phi) is 3.64. The number of aliphatic hydroxyl groups excluding tert-OH is 2. The minimum Gasteiger partial charge on any atom is -0.387 e. The molecule has 2 fully saturated rings. The van der Waals surface area contributed by atoms with Crippen LogP contribution in [0.1, 0.15) is 19.1 Å². The molecule has 2 aliphatic rings. The summed E-state index contributed by atoms with van der Waals surface area (Å²) in [5, 5.41) is 20.7. The molecule has 9 nitrogen and oxygen atoms in total. The van der Waals surface area contributed by atoms with Crippen molar-refractivity contribution in [3.63, 3.8) is 0 Å². The number of nitrogens with two attached hydrogens (primary N) is 1. The lowest BCUT2D eigenvalue weighted by atomic mass is 10.1. The van der Waals surface area contributed by atoms with Crippen molar-refractivity contribution >= 4 is 17.0 Å². The molecule has 0 spiro atoms. The van der Waals surface area contributed by atoms with Crippen molar-refractivity contribution in [2.45, 2.75) is 37.4 Å². The predicted octanol–water partition coefficient (Wildman–Crippen LogP) is -0.877. The molecule has 0 amide bonds. The average Bonchev–Trinajstić information content (AvgIpc) is 3.24. The molecule has 0 saturated carbocycles. The third kappa shape index (κ3) is 2.45. The molecule has 4 rings (SSSR count). The molecule has 2 saturated heterocycles. The first kappa shape index (κ1) is 14.8. The molecule has 4 atom stereocenters. The van der Waals surface area contributed by atoms with Crippen LogP contribution in [0.25, 0.3) is 11.2 Å². The van der Waals surface area contributed by atoms with Crippen LogP contribution in [0, 0.1) is 0 Å². The van der Waals surface area contributed by atoms with Gasteiger partial charge in [-0.3, -0.25) is 4.57 Å². The van der Waals surface area contributed by atoms with Crippen molar-refractivity contribution < 1.29 is 14.9 Å². The van der Waals surface area contributed by atoms with Crippen LogP contribution in [0.4, 0.5) is 5.82 Å². The molecule has 0 bridgehead atoms. The van der Waals surface area contributed by atoms with E-state index >= 15 is 0 Å². The highest BCUT2D eigenvalue weighted by atomic mass is 16.6. The smallest absolute Gasteiger partial charge is 0.167 e. The van der Waals surface area contributed by atoms with Gasteiger partial charge >= 0.3 is 0 Å². The summed E-state index contributed by atoms with van der Waals surface area (Å²) in [6.07, 6.45) is 2.01. The van der Waals surface area contributed by atoms with E-state index in [0.29, 0.717) is 17.7 Å². The number of anilines is 1. The molecule has 4 heterocycles. The van der Waals surface area contributed by atoms with Crippen LogP contribution >= 0.6 is 0 Å². The predicted molar refractivity (Wildman–Crippen MR) is 81.3 cm³/mol. The Morgan fingerprint density at radius 1 is 1.17 bits per heavy atom. The summed E-state index contributed by atoms with van der Waals surface area (Å²) in [4.78, 5) is 14.5. The van der Waals surface area contributed by atoms with Crippen molar-refractivity contribution in [3.8, 4) is 0 Å². The van der Waals surface area contributed by atoms with Gasteiger partial charge in [-0.15, -0.1) is 0 Å². The Labute approximate surface area is 132 Å². The van der Waals surface area contributed by atoms with Gasteiger partial charge in [0.25, 0.3) is 0 Å². The van der Waals surface area contributed by atoms with Gasteiger partial charge in [0.05, 0.1) is 6.33 Å². The first-order chi connectivity index (χ1) is 11.1. The Bertz CT molecular complexity index is 701. The minimum atomic E-state index is -1.05. The summed E-state index contributed by atoms with van der Waals surface area (Å²) in [5.41, 5.74) is 6.72. The molecular formula is C14H20N6O3. The Morgan fingerprint density at radius 2 is 1.96 bits per heavy atom. The molecule has 124 valence electrons. The van der Waals surface area contributed by atoms with Gasteiger partial charge in [0.2, 0.25) is 0 Å². The van der Waals surface area contributed by atoms with Gasteiger partial charge in [-0.25, -0.2) is 15.0 Å². The normalized spacial score (nSPS) is 32.1. The number of rotatable bonds is 3. The lowest BCUT2D eigenvalue weighted by Gasteiger charge is -2.21. The number of likely N-dealkylation sites (tertiary alicyclic amines) is 1. The zero-order valence-electron chi connectivity index (χ0n) is 12.6. The van der Waals surface area contributed by atoms with Gasteiger partial charge in [-0.2, -0.15) is 0 Å². The fourth-order valence-corrected chi connectivity index (χ4v) is 3.39. The van der Waals surface area contributed by atoms with Crippen LogP contribution < -0.4 is 5.73 Å². The van der Waals surface area contributed by atoms with Crippen molar-refractivity contribution in [1.82, 2.24) is 24.4 Å². The van der Waals surface area contributed by atoms with Gasteiger partial charge in [0.15, 0.2) is 17.7 Å². The average molecular weight is 320 g/mol. The van der Waals surface area contributed by atoms with Crippen molar-refractivity contribution in [2.75, 3.05) is 25.4 Å². The molecule has 0 radical (unpaired) electrons. The maximum atomic E-state index is 10.4. The van der Waals surface area contributed by atoms with Gasteiger partial charge in [-0.05, 0) is 25.9 Å². The van der Waals surface area contributed by atoms with E-state index in [1.807, 2.05) is 0 Å². The van der Waals surface area contributed by atoms with Crippen LogP contribution in [-0.2, 0) is 4.74 Å². The number of aliphatic hydroxyl groups is 2. The summed E-state index contributed by atoms with van der Waals surface area (Å²) >= 11 is 0. The number of ether oxygens (including phenoxy) is 1. The Balaban J connectivity index is 1.59. The van der Waals surface area contributed by atoms with E-state index in [-0.39, 0.29) is 5.82 Å². The largest absolute Gasteiger partial charge is 0.387 e. The van der Waals surface area contributed by atoms with E-state index in [0.717, 1.165) is 25.9 Å². The van der Waals surface area contributed by atoms with Crippen LogP contribution in [0.2, 0.25) is 0 Å². The highest BCUT2D eigenvalue weighted by Gasteiger charge is 2.45. The highest BCUT2D eigenvalue weighted by Crippen LogP contribution is 2.32. The second kappa shape index (κ2) is 5.68. The number of hydrogen-bond acceptors (Lipinski definition) is 8. The van der Waals surface area contributed by atoms with Crippen LogP contribution in [-0.4, -0.2) is 72.6 Å². The van der Waals surface area contributed by atoms with E-state index in [9.17, 15) is 10.2 Å². The molecule has 4 unspecified atom stereocenters. The zero-order chi connectivity index (χ0) is 16.0. The molecule has 4 N–H and O–H groups in total. The maximum Gasteiger partial charge on any atom is 0.167 e. The van der Waals surface area contributed by atoms with Crippen molar-refractivity contribution in [2.24, 2.45) is 0 Å². The van der Waals surface area contributed by atoms with Crippen LogP contribution in [0.3, 0.4) is 0 Å². The fraction of sp³-hybridized carbons (Fsp3) is 0.643. The number of aromatic nitrogens is 4. The maximum absolute atomic E-state index is 10.4. The fourth-order valence-electron chi connectivity index (χ4n) is 3.39. The molecular weight excluding hydrogens is 300 g/mol. The number of nitrogens with zero attached hydrogens (tertiary/aromatic N) is 5. The molecule has 2 aliphatic heterocycles. The molecule has 9 heteroatoms. The van der Waals surface area contributed by atoms with E-state index in [4.69, 9.17) is 10.5 Å². The van der Waals surface area contributed by atoms with Crippen LogP contribution in [0.15, 0.2) is 12.7 Å². The number of fused-ring (bicyclic) bond motifs is 1. The summed E-state index contributed by atoms with van der Waals surface area (Å²) in [6, 6.07) is 0. The third-order valence-corrected chi connectivity index (χ3v) is 4.64. The Hall–Kier alpha value is -1.81. The summed E-state index contributed by atoms with van der Waals surface area (Å²) in [5.74, 6) is 0.274. The highest BCUT2D eigenvalue weighted by molar-refractivity contribution is 5.81. The monoisotopic (exact) mass is 320 g/mol. The van der Waals surface area contributed by atoms with Gasteiger partial charge in [0.1, 0.15) is 30.2 Å². The minimum absolute atomic E-state index is 0.274. The Morgan fingerprint density at radius 3 is 2.74 bits per heavy atom. The summed E-state index contributed by atoms with van der Waals surface area (Å²) < 4.78 is 7.52. The summed E-state index contributed by atoms with van der Waals surface area (Å²) in [6.45, 7) is 2.62. The van der Waals surface area contributed by atoms with E-state index in [1.165, 1.54) is 12.7 Å². The molecule has 2 aromatic heterocycles. The SMILES string of the molecule is Nc1ncnc2c1ncn2C1OC(CN2CCCC2)C(O)C1O. The molecule has 0 aromatic carbocycles. The second-order valence-electron chi connectivity index (χ2n) is 6.14. The zero-order valence-corrected chi connectivity index (χ0v) is 12.6. The van der Waals surface area contributed by atoms with E-state index in [2.05, 4.69) is 19.9 Å². The summed E-state index contributed by atoms with van der Waals surface area (Å²) in [7, 11) is 0. The number of nitrogen functional groups attached to an aromatic ring is 1. The topological polar surface area (TPSA) is 123 Å². The van der Waals surface area contributed by atoms with E-state index in [1.54, 1.807) is 4.57 Å². The van der Waals surface area contributed by atoms with E-state index < -0.39 is 24.5 Å². The third-order valence-electron chi connectivity index (χ3n) is 4.64. The van der Waals surface area contributed by atoms with Crippen molar-refractivity contribution in [1.29, 1.82) is 0 Å². The van der Waals surface area contributed by atoms with Gasteiger partial charge < -0.3 is 25.6 Å². The second-order valence-corrected chi connectivity index (χ2v) is 6.14. The van der Waals surface area contributed by atoms with Gasteiger partial charge in [0, 0.05) is 6.54 Å².